The molecule has 0 aliphatic carbocycles. The van der Waals surface area contributed by atoms with Crippen molar-refractivity contribution in [2.24, 2.45) is 5.73 Å². The van der Waals surface area contributed by atoms with Gasteiger partial charge in [0.15, 0.2) is 0 Å². The number of carboxylic acid groups (broad SMARTS) is 1. The van der Waals surface area contributed by atoms with E-state index in [-0.39, 0.29) is 5.75 Å². The Morgan fingerprint density at radius 3 is 1.96 bits per heavy atom. The van der Waals surface area contributed by atoms with Gasteiger partial charge in [-0.1, -0.05) is 0 Å². The number of nitrogens with one attached hydrogen (secondary N) is 3. The molecule has 0 saturated heterocycles. The Morgan fingerprint density at radius 1 is 0.929 bits per heavy atom. The molecule has 0 fully saturated rings. The standard InChI is InChI=1S/C16H30N4O5S3/c1-9(18-14(22)10(17)4-6-27-2)13(21)19-11(5-7-28-3)15(23)20-12(8-26)16(24)25/h9-12,26H,4-8,17H2,1-3H3,(H,18,22)(H,19,21)(H,20,23)(H,24,25)/t9-,10-,11-,12-/m0/s1. The van der Waals surface area contributed by atoms with Gasteiger partial charge >= 0.3 is 5.97 Å². The number of carboxylic acids is 1. The molecule has 0 rings (SSSR count). The monoisotopic (exact) mass is 454 g/mol. The molecule has 28 heavy (non-hydrogen) atoms. The van der Waals surface area contributed by atoms with E-state index < -0.39 is 47.9 Å². The average molecular weight is 455 g/mol. The lowest BCUT2D eigenvalue weighted by Gasteiger charge is -2.23. The first-order valence-corrected chi connectivity index (χ1v) is 12.1. The molecule has 162 valence electrons. The van der Waals surface area contributed by atoms with Crippen LogP contribution in [-0.2, 0) is 19.2 Å². The summed E-state index contributed by atoms with van der Waals surface area (Å²) in [5, 5.41) is 16.5. The van der Waals surface area contributed by atoms with E-state index in [0.717, 1.165) is 5.75 Å². The minimum atomic E-state index is -1.21. The first-order valence-electron chi connectivity index (χ1n) is 8.66. The summed E-state index contributed by atoms with van der Waals surface area (Å²) in [6.07, 6.45) is 4.55. The molecule has 0 saturated carbocycles. The Bertz CT molecular complexity index is 538. The lowest BCUT2D eigenvalue weighted by Crippen LogP contribution is -2.56. The fourth-order valence-corrected chi connectivity index (χ4v) is 3.23. The number of hydrogen-bond donors (Lipinski definition) is 6. The van der Waals surface area contributed by atoms with Gasteiger partial charge in [-0.3, -0.25) is 14.4 Å². The van der Waals surface area contributed by atoms with E-state index >= 15 is 0 Å². The van der Waals surface area contributed by atoms with Crippen molar-refractivity contribution < 1.29 is 24.3 Å². The Balaban J connectivity index is 4.88. The zero-order valence-electron chi connectivity index (χ0n) is 16.3. The highest BCUT2D eigenvalue weighted by atomic mass is 32.2. The number of thioether (sulfide) groups is 2. The van der Waals surface area contributed by atoms with Crippen LogP contribution in [0.1, 0.15) is 19.8 Å². The van der Waals surface area contributed by atoms with Gasteiger partial charge in [0.2, 0.25) is 17.7 Å². The summed E-state index contributed by atoms with van der Waals surface area (Å²) >= 11 is 6.96. The summed E-state index contributed by atoms with van der Waals surface area (Å²) < 4.78 is 0. The summed E-state index contributed by atoms with van der Waals surface area (Å²) in [4.78, 5) is 47.9. The van der Waals surface area contributed by atoms with E-state index in [2.05, 4.69) is 28.6 Å². The van der Waals surface area contributed by atoms with Crippen LogP contribution in [0.5, 0.6) is 0 Å². The van der Waals surface area contributed by atoms with Gasteiger partial charge in [-0.2, -0.15) is 36.2 Å². The molecule has 6 N–H and O–H groups in total. The van der Waals surface area contributed by atoms with E-state index in [9.17, 15) is 19.2 Å². The van der Waals surface area contributed by atoms with Crippen LogP contribution in [0.2, 0.25) is 0 Å². The molecule has 0 aliphatic heterocycles. The number of amides is 3. The molecular weight excluding hydrogens is 424 g/mol. The van der Waals surface area contributed by atoms with Crippen LogP contribution >= 0.6 is 36.2 Å². The fraction of sp³-hybridized carbons (Fsp3) is 0.750. The highest BCUT2D eigenvalue weighted by Gasteiger charge is 2.28. The topological polar surface area (TPSA) is 151 Å². The van der Waals surface area contributed by atoms with Crippen LogP contribution in [0, 0.1) is 0 Å². The van der Waals surface area contributed by atoms with Gasteiger partial charge in [0, 0.05) is 5.75 Å². The van der Waals surface area contributed by atoms with E-state index in [0.29, 0.717) is 18.6 Å². The minimum Gasteiger partial charge on any atom is -0.480 e. The molecule has 0 aromatic rings. The summed E-state index contributed by atoms with van der Waals surface area (Å²) in [7, 11) is 0. The Labute approximate surface area is 179 Å². The molecule has 0 heterocycles. The van der Waals surface area contributed by atoms with Crippen LogP contribution in [0.4, 0.5) is 0 Å². The lowest BCUT2D eigenvalue weighted by molar-refractivity contribution is -0.141. The predicted molar refractivity (Wildman–Crippen MR) is 117 cm³/mol. The highest BCUT2D eigenvalue weighted by Crippen LogP contribution is 2.04. The van der Waals surface area contributed by atoms with Crippen LogP contribution in [0.25, 0.3) is 0 Å². The van der Waals surface area contributed by atoms with Gasteiger partial charge < -0.3 is 26.8 Å². The molecule has 0 aromatic carbocycles. The zero-order valence-corrected chi connectivity index (χ0v) is 18.8. The average Bonchev–Trinajstić information content (AvgIpc) is 2.66. The second-order valence-corrected chi connectivity index (χ2v) is 8.38. The van der Waals surface area contributed by atoms with Crippen molar-refractivity contribution >= 4 is 59.8 Å². The van der Waals surface area contributed by atoms with E-state index in [1.165, 1.54) is 18.7 Å². The van der Waals surface area contributed by atoms with Crippen molar-refractivity contribution in [1.29, 1.82) is 0 Å². The molecule has 0 aromatic heterocycles. The van der Waals surface area contributed by atoms with Gasteiger partial charge in [-0.05, 0) is 43.8 Å². The molecule has 4 atom stereocenters. The Hall–Kier alpha value is -1.11. The number of nitrogens with two attached hydrogens (primary N) is 1. The van der Waals surface area contributed by atoms with Crippen LogP contribution in [-0.4, -0.2) is 82.7 Å². The second-order valence-electron chi connectivity index (χ2n) is 6.04. The first kappa shape index (κ1) is 26.9. The van der Waals surface area contributed by atoms with Crippen molar-refractivity contribution in [2.75, 3.05) is 29.8 Å². The van der Waals surface area contributed by atoms with Gasteiger partial charge in [0.1, 0.15) is 18.1 Å². The van der Waals surface area contributed by atoms with Gasteiger partial charge in [-0.25, -0.2) is 4.79 Å². The van der Waals surface area contributed by atoms with Gasteiger partial charge in [0.05, 0.1) is 6.04 Å². The van der Waals surface area contributed by atoms with Gasteiger partial charge in [-0.15, -0.1) is 0 Å². The van der Waals surface area contributed by atoms with Gasteiger partial charge in [0.25, 0.3) is 0 Å². The highest BCUT2D eigenvalue weighted by molar-refractivity contribution is 7.98. The van der Waals surface area contributed by atoms with E-state index in [1.54, 1.807) is 11.8 Å². The van der Waals surface area contributed by atoms with E-state index in [4.69, 9.17) is 10.8 Å². The third kappa shape index (κ3) is 10.4. The molecule has 0 bridgehead atoms. The number of rotatable bonds is 14. The smallest absolute Gasteiger partial charge is 0.327 e. The van der Waals surface area contributed by atoms with Crippen molar-refractivity contribution in [3.05, 3.63) is 0 Å². The SMILES string of the molecule is CSCC[C@H](NC(=O)[C@H](C)NC(=O)[C@@H](N)CCSC)C(=O)N[C@@H](CS)C(=O)O. The zero-order chi connectivity index (χ0) is 21.7. The van der Waals surface area contributed by atoms with Crippen LogP contribution < -0.4 is 21.7 Å². The van der Waals surface area contributed by atoms with Crippen LogP contribution in [0.3, 0.4) is 0 Å². The van der Waals surface area contributed by atoms with Crippen LogP contribution in [0.15, 0.2) is 0 Å². The first-order chi connectivity index (χ1) is 13.2. The van der Waals surface area contributed by atoms with Crippen molar-refractivity contribution in [1.82, 2.24) is 16.0 Å². The Kier molecular flexibility index (Phi) is 14.2. The normalized spacial score (nSPS) is 15.0. The van der Waals surface area contributed by atoms with Crippen molar-refractivity contribution in [3.8, 4) is 0 Å². The van der Waals surface area contributed by atoms with Crippen molar-refractivity contribution in [2.45, 2.75) is 43.9 Å². The quantitative estimate of drug-likeness (QED) is 0.189. The second kappa shape index (κ2) is 14.8. The molecule has 3 amide bonds. The Morgan fingerprint density at radius 2 is 1.46 bits per heavy atom. The van der Waals surface area contributed by atoms with Crippen molar-refractivity contribution in [3.63, 3.8) is 0 Å². The third-order valence-corrected chi connectivity index (χ3v) is 5.42. The maximum atomic E-state index is 12.4. The summed E-state index contributed by atoms with van der Waals surface area (Å²) in [6.45, 7) is 1.49. The molecule has 0 radical (unpaired) electrons. The number of thiol groups is 1. The fourth-order valence-electron chi connectivity index (χ4n) is 2.02. The number of aliphatic carboxylic acids is 1. The summed E-state index contributed by atoms with van der Waals surface area (Å²) in [5.41, 5.74) is 5.78. The maximum Gasteiger partial charge on any atom is 0.327 e. The summed E-state index contributed by atoms with van der Waals surface area (Å²) in [5.74, 6) is -1.59. The number of carbonyl (C=O) groups is 4. The predicted octanol–water partition coefficient (Wildman–Crippen LogP) is -0.691. The molecule has 0 aliphatic rings. The minimum absolute atomic E-state index is 0.0787. The number of carbonyl (C=O) groups excluding carboxylic acids is 3. The number of hydrogen-bond acceptors (Lipinski definition) is 8. The molecule has 0 unspecified atom stereocenters. The maximum absolute atomic E-state index is 12.4. The third-order valence-electron chi connectivity index (χ3n) is 3.76. The van der Waals surface area contributed by atoms with E-state index in [1.807, 2.05) is 12.5 Å². The molecule has 0 spiro atoms. The molecule has 12 heteroatoms. The lowest BCUT2D eigenvalue weighted by atomic mass is 10.1. The molecular formula is C16H30N4O5S3. The summed E-state index contributed by atoms with van der Waals surface area (Å²) in [6, 6.07) is -3.69. The molecule has 9 nitrogen and oxygen atoms in total. The largest absolute Gasteiger partial charge is 0.480 e.